The monoisotopic (exact) mass is 421 g/mol. The number of fused-ring (bicyclic) bond motifs is 6. The van der Waals surface area contributed by atoms with Crippen LogP contribution in [0.4, 0.5) is 0 Å². The Morgan fingerprint density at radius 2 is 1.50 bits per heavy atom. The Hall–Kier alpha value is -3.07. The van der Waals surface area contributed by atoms with Gasteiger partial charge in [-0.3, -0.25) is 14.6 Å². The largest absolute Gasteiger partial charge is 0.291 e. The number of carbonyl (C=O) groups excluding carboxylic acids is 2. The van der Waals surface area contributed by atoms with E-state index in [0.717, 1.165) is 30.5 Å². The minimum Gasteiger partial charge on any atom is -0.291 e. The van der Waals surface area contributed by atoms with Gasteiger partial charge >= 0.3 is 0 Å². The van der Waals surface area contributed by atoms with Crippen LogP contribution in [0.25, 0.3) is 22.4 Å². The molecule has 2 fully saturated rings. The van der Waals surface area contributed by atoms with Crippen LogP contribution in [0.5, 0.6) is 0 Å². The molecule has 0 bridgehead atoms. The van der Waals surface area contributed by atoms with Crippen LogP contribution >= 0.6 is 0 Å². The number of aryl methyl sites for hydroxylation is 3. The SMILES string of the molecule is Cc1cc(C)c(-c2ccc3c(c2)C2(CCC2)C2(CC(=O)C(=O)C2)c2cccnc2-3)c(C)c1. The molecule has 2 spiro atoms. The Labute approximate surface area is 188 Å². The van der Waals surface area contributed by atoms with Gasteiger partial charge in [0.15, 0.2) is 11.6 Å². The summed E-state index contributed by atoms with van der Waals surface area (Å²) in [5, 5.41) is 0. The van der Waals surface area contributed by atoms with E-state index in [2.05, 4.69) is 57.2 Å². The van der Waals surface area contributed by atoms with Gasteiger partial charge in [-0.1, -0.05) is 42.3 Å². The highest BCUT2D eigenvalue weighted by Gasteiger charge is 2.64. The first-order valence-electron chi connectivity index (χ1n) is 11.6. The van der Waals surface area contributed by atoms with E-state index in [1.807, 2.05) is 12.3 Å². The van der Waals surface area contributed by atoms with Crippen molar-refractivity contribution in [1.29, 1.82) is 0 Å². The second kappa shape index (κ2) is 6.48. The molecule has 0 atom stereocenters. The van der Waals surface area contributed by atoms with Crippen LogP contribution in [0.15, 0.2) is 48.7 Å². The first kappa shape index (κ1) is 19.6. The third-order valence-electron chi connectivity index (χ3n) is 8.44. The van der Waals surface area contributed by atoms with E-state index in [-0.39, 0.29) is 17.0 Å². The zero-order valence-electron chi connectivity index (χ0n) is 18.9. The molecule has 6 rings (SSSR count). The lowest BCUT2D eigenvalue weighted by atomic mass is 9.44. The van der Waals surface area contributed by atoms with Crippen molar-refractivity contribution in [3.05, 3.63) is 76.5 Å². The predicted molar refractivity (Wildman–Crippen MR) is 126 cm³/mol. The maximum absolute atomic E-state index is 12.6. The van der Waals surface area contributed by atoms with Gasteiger partial charge in [0.1, 0.15) is 0 Å². The van der Waals surface area contributed by atoms with Crippen molar-refractivity contribution < 1.29 is 9.59 Å². The van der Waals surface area contributed by atoms with Crippen LogP contribution in [-0.2, 0) is 20.4 Å². The topological polar surface area (TPSA) is 47.0 Å². The van der Waals surface area contributed by atoms with E-state index >= 15 is 0 Å². The molecule has 3 heteroatoms. The van der Waals surface area contributed by atoms with Crippen molar-refractivity contribution in [2.24, 2.45) is 0 Å². The molecule has 0 saturated heterocycles. The zero-order valence-corrected chi connectivity index (χ0v) is 18.9. The minimum atomic E-state index is -0.452. The summed E-state index contributed by atoms with van der Waals surface area (Å²) < 4.78 is 0. The van der Waals surface area contributed by atoms with Crippen molar-refractivity contribution in [3.8, 4) is 22.4 Å². The van der Waals surface area contributed by atoms with E-state index in [1.54, 1.807) is 0 Å². The maximum atomic E-state index is 12.6. The van der Waals surface area contributed by atoms with Gasteiger partial charge in [0, 0.05) is 35.4 Å². The van der Waals surface area contributed by atoms with Crippen LogP contribution < -0.4 is 0 Å². The van der Waals surface area contributed by atoms with E-state index < -0.39 is 5.41 Å². The third kappa shape index (κ3) is 2.34. The lowest BCUT2D eigenvalue weighted by molar-refractivity contribution is -0.134. The second-order valence-corrected chi connectivity index (χ2v) is 10.2. The normalized spacial score (nSPS) is 19.7. The smallest absolute Gasteiger partial charge is 0.199 e. The number of aromatic nitrogens is 1. The second-order valence-electron chi connectivity index (χ2n) is 10.2. The molecule has 2 aromatic carbocycles. The van der Waals surface area contributed by atoms with E-state index in [0.29, 0.717) is 12.8 Å². The summed E-state index contributed by atoms with van der Waals surface area (Å²) in [6.45, 7) is 6.50. The van der Waals surface area contributed by atoms with Crippen LogP contribution in [0.1, 0.15) is 59.9 Å². The van der Waals surface area contributed by atoms with Gasteiger partial charge in [-0.25, -0.2) is 0 Å². The van der Waals surface area contributed by atoms with Crippen molar-refractivity contribution in [2.75, 3.05) is 0 Å². The average molecular weight is 422 g/mol. The molecular weight excluding hydrogens is 394 g/mol. The van der Waals surface area contributed by atoms with Gasteiger partial charge < -0.3 is 0 Å². The molecule has 0 radical (unpaired) electrons. The minimum absolute atomic E-state index is 0.164. The summed E-state index contributed by atoms with van der Waals surface area (Å²) >= 11 is 0. The fourth-order valence-electron chi connectivity index (χ4n) is 7.07. The highest BCUT2D eigenvalue weighted by Crippen LogP contribution is 2.66. The van der Waals surface area contributed by atoms with Crippen LogP contribution in [0.2, 0.25) is 0 Å². The number of ketones is 2. The number of rotatable bonds is 1. The summed E-state index contributed by atoms with van der Waals surface area (Å²) in [4.78, 5) is 30.1. The van der Waals surface area contributed by atoms with Gasteiger partial charge in [-0.2, -0.15) is 0 Å². The Kier molecular flexibility index (Phi) is 3.97. The van der Waals surface area contributed by atoms with E-state index in [9.17, 15) is 9.59 Å². The summed E-state index contributed by atoms with van der Waals surface area (Å²) in [6, 6.07) is 15.4. The van der Waals surface area contributed by atoms with Crippen molar-refractivity contribution in [2.45, 2.75) is 63.7 Å². The summed E-state index contributed by atoms with van der Waals surface area (Å²) in [5.74, 6) is -0.424. The highest BCUT2D eigenvalue weighted by atomic mass is 16.2. The van der Waals surface area contributed by atoms with Crippen LogP contribution in [0.3, 0.4) is 0 Å². The van der Waals surface area contributed by atoms with Gasteiger partial charge in [0.05, 0.1) is 5.69 Å². The molecule has 3 aromatic rings. The Morgan fingerprint density at radius 1 is 0.812 bits per heavy atom. The molecule has 160 valence electrons. The Balaban J connectivity index is 1.65. The van der Waals surface area contributed by atoms with Gasteiger partial charge in [-0.05, 0) is 79.1 Å². The molecule has 3 nitrogen and oxygen atoms in total. The van der Waals surface area contributed by atoms with E-state index in [1.165, 1.54) is 38.9 Å². The fraction of sp³-hybridized carbons (Fsp3) is 0.345. The van der Waals surface area contributed by atoms with E-state index in [4.69, 9.17) is 4.98 Å². The number of carbonyl (C=O) groups is 2. The molecule has 32 heavy (non-hydrogen) atoms. The molecule has 2 saturated carbocycles. The Bertz CT molecular complexity index is 1290. The number of benzene rings is 2. The molecule has 0 unspecified atom stereocenters. The fourth-order valence-corrected chi connectivity index (χ4v) is 7.07. The highest BCUT2D eigenvalue weighted by molar-refractivity contribution is 6.40. The first-order valence-corrected chi connectivity index (χ1v) is 11.6. The molecular formula is C29H27NO2. The molecule has 1 heterocycles. The van der Waals surface area contributed by atoms with Crippen molar-refractivity contribution >= 4 is 11.6 Å². The molecule has 3 aliphatic carbocycles. The number of Topliss-reactive ketones (excluding diaryl/α,β-unsaturated/α-hetero) is 2. The number of hydrogen-bond donors (Lipinski definition) is 0. The quantitative estimate of drug-likeness (QED) is 0.457. The number of pyridine rings is 1. The molecule has 3 aliphatic rings. The van der Waals surface area contributed by atoms with Crippen LogP contribution in [-0.4, -0.2) is 16.6 Å². The van der Waals surface area contributed by atoms with Gasteiger partial charge in [0.25, 0.3) is 0 Å². The first-order chi connectivity index (χ1) is 15.4. The molecule has 1 aromatic heterocycles. The molecule has 0 aliphatic heterocycles. The zero-order chi connectivity index (χ0) is 22.3. The third-order valence-corrected chi connectivity index (χ3v) is 8.44. The number of nitrogens with zero attached hydrogens (tertiary/aromatic N) is 1. The van der Waals surface area contributed by atoms with Crippen molar-refractivity contribution in [3.63, 3.8) is 0 Å². The summed E-state index contributed by atoms with van der Waals surface area (Å²) in [7, 11) is 0. The summed E-state index contributed by atoms with van der Waals surface area (Å²) in [5.41, 5.74) is 10.2. The number of hydrogen-bond acceptors (Lipinski definition) is 3. The van der Waals surface area contributed by atoms with Gasteiger partial charge in [-0.15, -0.1) is 0 Å². The predicted octanol–water partition coefficient (Wildman–Crippen LogP) is 5.95. The van der Waals surface area contributed by atoms with Gasteiger partial charge in [0.2, 0.25) is 0 Å². The maximum Gasteiger partial charge on any atom is 0.199 e. The average Bonchev–Trinajstić information content (AvgIpc) is 3.01. The molecule has 0 N–H and O–H groups in total. The lowest BCUT2D eigenvalue weighted by Gasteiger charge is -2.58. The standard InChI is InChI=1S/C29H27NO2/c1-17-12-18(2)26(19(3)13-17)20-7-8-21-23(14-20)28(9-5-10-28)29(15-24(31)25(32)16-29)22-6-4-11-30-27(21)22/h4,6-8,11-14H,5,9-10,15-16H2,1-3H3. The molecule has 0 amide bonds. The van der Waals surface area contributed by atoms with Crippen LogP contribution in [0, 0.1) is 20.8 Å². The lowest BCUT2D eigenvalue weighted by Crippen LogP contribution is -2.55. The summed E-state index contributed by atoms with van der Waals surface area (Å²) in [6.07, 6.45) is 5.63. The Morgan fingerprint density at radius 3 is 2.12 bits per heavy atom. The van der Waals surface area contributed by atoms with Crippen molar-refractivity contribution in [1.82, 2.24) is 4.98 Å².